The Bertz CT molecular complexity index is 1220. The minimum Gasteiger partial charge on any atom is -0.386 e. The standard InChI is InChI=1S/C11H14ClFN3O14P3/c1-5(28-32(23,24)30-33(25,26)29-31(20,21)22)6-7(17)11(13,2-3-12)8(27-6)16-4-14-9(18)15-10(16)19/h4-8,17H,1H3,(H,23,24)(H,25,26)(H,15,18,19)(H2,20,21,22)/t5-,6-,7+,8-,11?/m1/s1. The summed E-state index contributed by atoms with van der Waals surface area (Å²) in [6.45, 7) is 0.886. The van der Waals surface area contributed by atoms with Crippen LogP contribution in [0.5, 0.6) is 0 Å². The summed E-state index contributed by atoms with van der Waals surface area (Å²) in [4.78, 5) is 63.8. The molecule has 1 aliphatic rings. The number of hydrogen-bond donors (Lipinski definition) is 6. The molecule has 1 aliphatic heterocycles. The van der Waals surface area contributed by atoms with Gasteiger partial charge in [0.25, 0.3) is 0 Å². The number of aliphatic hydroxyl groups excluding tert-OH is 1. The lowest BCUT2D eigenvalue weighted by Crippen LogP contribution is -2.46. The van der Waals surface area contributed by atoms with Gasteiger partial charge in [0.2, 0.25) is 5.67 Å². The maximum Gasteiger partial charge on any atom is 0.490 e. The largest absolute Gasteiger partial charge is 0.490 e. The second-order valence-corrected chi connectivity index (χ2v) is 10.7. The fourth-order valence-electron chi connectivity index (χ4n) is 2.64. The number of phosphoric ester groups is 1. The van der Waals surface area contributed by atoms with Crippen LogP contribution in [0.1, 0.15) is 13.2 Å². The summed E-state index contributed by atoms with van der Waals surface area (Å²) in [5.41, 5.74) is -5.52. The van der Waals surface area contributed by atoms with Crippen LogP contribution in [0.15, 0.2) is 15.9 Å². The predicted octanol–water partition coefficient (Wildman–Crippen LogP) is -1.17. The first kappa shape index (κ1) is 28.0. The maximum atomic E-state index is 15.5. The average Bonchev–Trinajstić information content (AvgIpc) is 2.83. The highest BCUT2D eigenvalue weighted by molar-refractivity contribution is 7.66. The number of aliphatic hydroxyl groups is 1. The van der Waals surface area contributed by atoms with Crippen LogP contribution in [0.2, 0.25) is 0 Å². The molecule has 33 heavy (non-hydrogen) atoms. The van der Waals surface area contributed by atoms with Crippen molar-refractivity contribution in [3.63, 3.8) is 0 Å². The molecule has 3 unspecified atom stereocenters. The van der Waals surface area contributed by atoms with Gasteiger partial charge in [0.05, 0.1) is 6.10 Å². The first-order valence-electron chi connectivity index (χ1n) is 8.06. The molecule has 0 amide bonds. The number of aromatic amines is 1. The minimum atomic E-state index is -5.85. The van der Waals surface area contributed by atoms with Crippen molar-refractivity contribution < 1.29 is 60.6 Å². The van der Waals surface area contributed by atoms with Crippen molar-refractivity contribution in [2.24, 2.45) is 0 Å². The van der Waals surface area contributed by atoms with E-state index in [1.807, 2.05) is 0 Å². The number of hydrogen-bond acceptors (Lipinski definition) is 11. The lowest BCUT2D eigenvalue weighted by molar-refractivity contribution is -0.0785. The van der Waals surface area contributed by atoms with Crippen molar-refractivity contribution in [2.75, 3.05) is 0 Å². The van der Waals surface area contributed by atoms with Gasteiger partial charge in [-0.15, -0.1) is 0 Å². The highest BCUT2D eigenvalue weighted by atomic mass is 35.5. The third-order valence-corrected chi connectivity index (χ3v) is 7.83. The molecule has 0 bridgehead atoms. The average molecular weight is 560 g/mol. The smallest absolute Gasteiger partial charge is 0.386 e. The van der Waals surface area contributed by atoms with Crippen molar-refractivity contribution >= 4 is 35.1 Å². The fraction of sp³-hybridized carbons (Fsp3) is 0.545. The van der Waals surface area contributed by atoms with Gasteiger partial charge < -0.3 is 29.4 Å². The van der Waals surface area contributed by atoms with E-state index in [9.17, 15) is 38.2 Å². The number of alkyl halides is 1. The molecule has 0 spiro atoms. The molecular formula is C11H14ClFN3O14P3. The van der Waals surface area contributed by atoms with Gasteiger partial charge in [0.1, 0.15) is 18.5 Å². The van der Waals surface area contributed by atoms with Gasteiger partial charge in [-0.2, -0.15) is 13.6 Å². The zero-order valence-electron chi connectivity index (χ0n) is 15.8. The molecule has 2 rings (SSSR count). The van der Waals surface area contributed by atoms with Crippen LogP contribution < -0.4 is 11.4 Å². The quantitative estimate of drug-likeness (QED) is 0.162. The highest BCUT2D eigenvalue weighted by Crippen LogP contribution is 2.66. The van der Waals surface area contributed by atoms with Crippen LogP contribution in [0, 0.1) is 11.3 Å². The van der Waals surface area contributed by atoms with E-state index < -0.39 is 65.1 Å². The Kier molecular flexibility index (Phi) is 8.27. The molecule has 7 atom stereocenters. The first-order chi connectivity index (χ1) is 14.9. The number of phosphoric acid groups is 3. The number of nitrogens with zero attached hydrogens (tertiary/aromatic N) is 2. The summed E-state index contributed by atoms with van der Waals surface area (Å²) in [5.74, 6) is 1.76. The lowest BCUT2D eigenvalue weighted by atomic mass is 9.95. The molecule has 0 radical (unpaired) electrons. The fourth-order valence-corrected chi connectivity index (χ4v) is 5.99. The number of ether oxygens (including phenoxy) is 1. The van der Waals surface area contributed by atoms with Crippen molar-refractivity contribution in [3.8, 4) is 11.3 Å². The van der Waals surface area contributed by atoms with Crippen molar-refractivity contribution in [2.45, 2.75) is 37.1 Å². The van der Waals surface area contributed by atoms with E-state index in [0.717, 1.165) is 6.92 Å². The van der Waals surface area contributed by atoms with E-state index in [-0.39, 0.29) is 0 Å². The van der Waals surface area contributed by atoms with Gasteiger partial charge in [-0.05, 0) is 24.4 Å². The third kappa shape index (κ3) is 6.87. The number of rotatable bonds is 8. The Balaban J connectivity index is 2.32. The van der Waals surface area contributed by atoms with Gasteiger partial charge in [0, 0.05) is 5.38 Å². The molecule has 1 saturated heterocycles. The Hall–Kier alpha value is -1.28. The molecule has 186 valence electrons. The summed E-state index contributed by atoms with van der Waals surface area (Å²) >= 11 is 5.21. The van der Waals surface area contributed by atoms with E-state index in [0.29, 0.717) is 10.9 Å². The van der Waals surface area contributed by atoms with Crippen molar-refractivity contribution in [1.82, 2.24) is 14.5 Å². The topological polar surface area (TPSA) is 257 Å². The summed E-state index contributed by atoms with van der Waals surface area (Å²) in [7, 11) is -17.2. The van der Waals surface area contributed by atoms with Gasteiger partial charge in [-0.3, -0.25) is 14.1 Å². The van der Waals surface area contributed by atoms with Crippen LogP contribution in [-0.2, 0) is 31.6 Å². The van der Waals surface area contributed by atoms with E-state index in [1.165, 1.54) is 0 Å². The number of H-pyrrole nitrogens is 1. The second kappa shape index (κ2) is 9.76. The highest BCUT2D eigenvalue weighted by Gasteiger charge is 2.60. The van der Waals surface area contributed by atoms with Crippen LogP contribution in [-0.4, -0.2) is 63.2 Å². The summed E-state index contributed by atoms with van der Waals surface area (Å²) in [6.07, 6.45) is -7.75. The molecule has 22 heteroatoms. The molecule has 6 N–H and O–H groups in total. The monoisotopic (exact) mass is 559 g/mol. The van der Waals surface area contributed by atoms with Gasteiger partial charge >= 0.3 is 34.8 Å². The van der Waals surface area contributed by atoms with E-state index in [4.69, 9.17) is 26.1 Å². The maximum absolute atomic E-state index is 15.5. The molecule has 17 nitrogen and oxygen atoms in total. The van der Waals surface area contributed by atoms with E-state index >= 15 is 4.39 Å². The van der Waals surface area contributed by atoms with E-state index in [2.05, 4.69) is 18.1 Å². The number of nitrogens with one attached hydrogen (secondary N) is 1. The molecule has 0 aromatic carbocycles. The minimum absolute atomic E-state index is 0.378. The van der Waals surface area contributed by atoms with Crippen LogP contribution in [0.3, 0.4) is 0 Å². The zero-order chi connectivity index (χ0) is 25.4. The molecule has 1 aromatic heterocycles. The van der Waals surface area contributed by atoms with Crippen molar-refractivity contribution in [3.05, 3.63) is 27.3 Å². The summed E-state index contributed by atoms with van der Waals surface area (Å²) in [6, 6.07) is 0. The lowest BCUT2D eigenvalue weighted by Gasteiger charge is -2.25. The Labute approximate surface area is 186 Å². The Morgan fingerprint density at radius 2 is 1.88 bits per heavy atom. The summed E-state index contributed by atoms with van der Waals surface area (Å²) in [5, 5.41) is 12.0. The van der Waals surface area contributed by atoms with Crippen molar-refractivity contribution in [1.29, 1.82) is 0 Å². The molecule has 0 aliphatic carbocycles. The molecule has 2 heterocycles. The van der Waals surface area contributed by atoms with E-state index in [1.54, 1.807) is 16.3 Å². The van der Waals surface area contributed by atoms with Gasteiger partial charge in [-0.25, -0.2) is 27.7 Å². The summed E-state index contributed by atoms with van der Waals surface area (Å²) < 4.78 is 66.7. The van der Waals surface area contributed by atoms with Gasteiger partial charge in [0.15, 0.2) is 6.23 Å². The third-order valence-electron chi connectivity index (χ3n) is 3.80. The van der Waals surface area contributed by atoms with Crippen LogP contribution >= 0.6 is 35.1 Å². The van der Waals surface area contributed by atoms with Gasteiger partial charge in [-0.1, -0.05) is 0 Å². The molecular weight excluding hydrogens is 546 g/mol. The zero-order valence-corrected chi connectivity index (χ0v) is 19.2. The Morgan fingerprint density at radius 1 is 1.27 bits per heavy atom. The Morgan fingerprint density at radius 3 is 2.39 bits per heavy atom. The SMILES string of the molecule is C[C@@H](OP(=O)(O)OP(=O)(O)OP(=O)(O)O)[C@H]1O[C@@H](n2cnc(=O)[nH]c2=O)C(F)(C#CCl)[C@H]1O. The molecule has 1 fully saturated rings. The normalized spacial score (nSPS) is 30.0. The molecule has 1 aromatic rings. The second-order valence-electron chi connectivity index (χ2n) is 6.17. The molecule has 0 saturated carbocycles. The first-order valence-corrected chi connectivity index (χ1v) is 13.0. The number of halogens is 2. The van der Waals surface area contributed by atoms with Crippen LogP contribution in [0.25, 0.3) is 0 Å². The van der Waals surface area contributed by atoms with Crippen LogP contribution in [0.4, 0.5) is 4.39 Å². The predicted molar refractivity (Wildman–Crippen MR) is 101 cm³/mol. The number of aromatic nitrogens is 3.